The van der Waals surface area contributed by atoms with Crippen molar-refractivity contribution in [3.05, 3.63) is 60.0 Å². The Labute approximate surface area is 157 Å². The van der Waals surface area contributed by atoms with Crippen LogP contribution in [0.5, 0.6) is 0 Å². The summed E-state index contributed by atoms with van der Waals surface area (Å²) < 4.78 is 2.57. The first-order chi connectivity index (χ1) is 11.6. The molecule has 0 amide bonds. The summed E-state index contributed by atoms with van der Waals surface area (Å²) in [5.74, 6) is 0.632. The summed E-state index contributed by atoms with van der Waals surface area (Å²) in [6.07, 6.45) is 6.13. The molecule has 122 valence electrons. The average Bonchev–Trinajstić information content (AvgIpc) is 2.92. The van der Waals surface area contributed by atoms with Crippen LogP contribution in [0.4, 0.5) is 0 Å². The Morgan fingerprint density at radius 1 is 1.33 bits per heavy atom. The number of fused-ring (bicyclic) bond motifs is 3. The molecule has 4 nitrogen and oxygen atoms in total. The van der Waals surface area contributed by atoms with E-state index < -0.39 is 0 Å². The number of aryl methyl sites for hydroxylation is 3. The van der Waals surface area contributed by atoms with Crippen molar-refractivity contribution in [2.75, 3.05) is 0 Å². The third-order valence-electron chi connectivity index (χ3n) is 4.30. The molecule has 24 heavy (non-hydrogen) atoms. The first-order valence-electron chi connectivity index (χ1n) is 7.97. The highest BCUT2D eigenvalue weighted by Crippen LogP contribution is 2.33. The summed E-state index contributed by atoms with van der Waals surface area (Å²) in [5.41, 5.74) is 2.14. The number of hydrogen-bond acceptors (Lipinski definition) is 4. The molecule has 2 aromatic heterocycles. The van der Waals surface area contributed by atoms with Crippen LogP contribution in [0.15, 0.2) is 34.2 Å². The number of halogens is 1. The molecule has 0 radical (unpaired) electrons. The van der Waals surface area contributed by atoms with Crippen molar-refractivity contribution in [1.29, 1.82) is 0 Å². The van der Waals surface area contributed by atoms with Gasteiger partial charge in [-0.1, -0.05) is 12.1 Å². The zero-order valence-electron chi connectivity index (χ0n) is 13.3. The van der Waals surface area contributed by atoms with E-state index >= 15 is 0 Å². The summed E-state index contributed by atoms with van der Waals surface area (Å²) >= 11 is 3.94. The molecule has 1 aliphatic rings. The minimum atomic E-state index is -0.0428. The lowest BCUT2D eigenvalue weighted by molar-refractivity contribution is 0.698. The number of benzene rings is 1. The van der Waals surface area contributed by atoms with E-state index in [2.05, 4.69) is 32.7 Å². The number of nitrogens with zero attached hydrogens (tertiary/aromatic N) is 3. The van der Waals surface area contributed by atoms with E-state index in [0.29, 0.717) is 5.82 Å². The Morgan fingerprint density at radius 2 is 2.17 bits per heavy atom. The number of rotatable bonds is 2. The fraction of sp³-hybridized carbons (Fsp3) is 0.278. The van der Waals surface area contributed by atoms with Crippen LogP contribution >= 0.6 is 33.9 Å². The molecule has 0 atom stereocenters. The lowest BCUT2D eigenvalue weighted by Crippen LogP contribution is -2.21. The second kappa shape index (κ2) is 6.40. The van der Waals surface area contributed by atoms with E-state index in [-0.39, 0.29) is 5.56 Å². The van der Waals surface area contributed by atoms with E-state index in [0.717, 1.165) is 38.6 Å². The summed E-state index contributed by atoms with van der Waals surface area (Å²) in [6.45, 7) is 1.84. The van der Waals surface area contributed by atoms with E-state index in [1.807, 2.05) is 31.2 Å². The van der Waals surface area contributed by atoms with Crippen LogP contribution in [-0.2, 0) is 12.8 Å². The molecule has 0 saturated carbocycles. The van der Waals surface area contributed by atoms with Gasteiger partial charge in [0.1, 0.15) is 10.7 Å². The standard InChI is InChI=1S/C18H16IN3OS/c1-11-21-17-16(14-7-2-3-8-15(14)24-17)18(23)22(11)20-10-12-5-4-6-13(19)9-12/h4-6,9-10H,2-3,7-8H2,1H3/b20-10-. The van der Waals surface area contributed by atoms with Gasteiger partial charge < -0.3 is 0 Å². The number of thiophene rings is 1. The van der Waals surface area contributed by atoms with Crippen molar-refractivity contribution < 1.29 is 0 Å². The minimum Gasteiger partial charge on any atom is -0.267 e. The van der Waals surface area contributed by atoms with Crippen molar-refractivity contribution in [3.63, 3.8) is 0 Å². The van der Waals surface area contributed by atoms with Crippen LogP contribution in [0.3, 0.4) is 0 Å². The smallest absolute Gasteiger partial charge is 0.267 e. The van der Waals surface area contributed by atoms with Crippen LogP contribution in [0.2, 0.25) is 0 Å². The van der Waals surface area contributed by atoms with Gasteiger partial charge in [0.05, 0.1) is 11.6 Å². The molecular weight excluding hydrogens is 433 g/mol. The maximum atomic E-state index is 13.0. The molecule has 0 fully saturated rings. The van der Waals surface area contributed by atoms with Crippen molar-refractivity contribution in [2.45, 2.75) is 32.6 Å². The predicted octanol–water partition coefficient (Wildman–Crippen LogP) is 4.13. The maximum Gasteiger partial charge on any atom is 0.283 e. The lowest BCUT2D eigenvalue weighted by atomic mass is 9.97. The van der Waals surface area contributed by atoms with Gasteiger partial charge in [-0.25, -0.2) is 4.98 Å². The Balaban J connectivity index is 1.85. The Kier molecular flexibility index (Phi) is 4.26. The molecule has 0 aliphatic heterocycles. The predicted molar refractivity (Wildman–Crippen MR) is 107 cm³/mol. The second-order valence-electron chi connectivity index (χ2n) is 5.97. The highest BCUT2D eigenvalue weighted by molar-refractivity contribution is 14.1. The monoisotopic (exact) mass is 449 g/mol. The maximum absolute atomic E-state index is 13.0. The van der Waals surface area contributed by atoms with Gasteiger partial charge >= 0.3 is 0 Å². The Morgan fingerprint density at radius 3 is 3.00 bits per heavy atom. The van der Waals surface area contributed by atoms with Gasteiger partial charge in [0, 0.05) is 8.45 Å². The van der Waals surface area contributed by atoms with E-state index in [9.17, 15) is 4.79 Å². The molecule has 0 spiro atoms. The van der Waals surface area contributed by atoms with Gasteiger partial charge in [-0.2, -0.15) is 9.78 Å². The Hall–Kier alpha value is -1.54. The van der Waals surface area contributed by atoms with Crippen LogP contribution in [-0.4, -0.2) is 15.9 Å². The summed E-state index contributed by atoms with van der Waals surface area (Å²) in [7, 11) is 0. The van der Waals surface area contributed by atoms with Crippen LogP contribution in [0, 0.1) is 10.5 Å². The quantitative estimate of drug-likeness (QED) is 0.437. The van der Waals surface area contributed by atoms with Gasteiger partial charge in [0.15, 0.2) is 0 Å². The molecular formula is C18H16IN3OS. The summed E-state index contributed by atoms with van der Waals surface area (Å²) in [5, 5.41) is 5.19. The minimum absolute atomic E-state index is 0.0428. The highest BCUT2D eigenvalue weighted by atomic mass is 127. The fourth-order valence-electron chi connectivity index (χ4n) is 3.15. The molecule has 2 heterocycles. The molecule has 0 N–H and O–H groups in total. The first kappa shape index (κ1) is 16.0. The van der Waals surface area contributed by atoms with Crippen molar-refractivity contribution in [3.8, 4) is 0 Å². The largest absolute Gasteiger partial charge is 0.283 e. The van der Waals surface area contributed by atoms with Crippen molar-refractivity contribution in [2.24, 2.45) is 5.10 Å². The SMILES string of the molecule is Cc1nc2sc3c(c2c(=O)n1/N=C\c1cccc(I)c1)CCCC3. The van der Waals surface area contributed by atoms with Crippen LogP contribution in [0.1, 0.15) is 34.7 Å². The van der Waals surface area contributed by atoms with Gasteiger partial charge in [0.25, 0.3) is 5.56 Å². The molecule has 1 aliphatic carbocycles. The third-order valence-corrected chi connectivity index (χ3v) is 6.16. The van der Waals surface area contributed by atoms with Crippen molar-refractivity contribution in [1.82, 2.24) is 9.66 Å². The van der Waals surface area contributed by atoms with Gasteiger partial charge in [-0.05, 0) is 78.5 Å². The van der Waals surface area contributed by atoms with Gasteiger partial charge in [0.2, 0.25) is 0 Å². The third kappa shape index (κ3) is 2.82. The van der Waals surface area contributed by atoms with Gasteiger partial charge in [-0.15, -0.1) is 11.3 Å². The van der Waals surface area contributed by atoms with Crippen LogP contribution < -0.4 is 5.56 Å². The highest BCUT2D eigenvalue weighted by Gasteiger charge is 2.20. The lowest BCUT2D eigenvalue weighted by Gasteiger charge is -2.10. The van der Waals surface area contributed by atoms with Gasteiger partial charge in [-0.3, -0.25) is 4.79 Å². The fourth-order valence-corrected chi connectivity index (χ4v) is 5.01. The molecule has 6 heteroatoms. The number of aromatic nitrogens is 2. The molecule has 1 aromatic carbocycles. The second-order valence-corrected chi connectivity index (χ2v) is 8.30. The van der Waals surface area contributed by atoms with E-state index in [1.165, 1.54) is 21.5 Å². The van der Waals surface area contributed by atoms with E-state index in [4.69, 9.17) is 0 Å². The Bertz CT molecular complexity index is 1020. The van der Waals surface area contributed by atoms with Crippen molar-refractivity contribution >= 4 is 50.4 Å². The average molecular weight is 449 g/mol. The molecule has 3 aromatic rings. The molecule has 0 bridgehead atoms. The normalized spacial score (nSPS) is 14.4. The molecule has 4 rings (SSSR count). The zero-order valence-corrected chi connectivity index (χ0v) is 16.2. The first-order valence-corrected chi connectivity index (χ1v) is 9.87. The summed E-state index contributed by atoms with van der Waals surface area (Å²) in [6, 6.07) is 8.02. The zero-order chi connectivity index (χ0) is 16.7. The topological polar surface area (TPSA) is 47.2 Å². The molecule has 0 saturated heterocycles. The van der Waals surface area contributed by atoms with E-state index in [1.54, 1.807) is 17.6 Å². The number of hydrogen-bond donors (Lipinski definition) is 0. The summed E-state index contributed by atoms with van der Waals surface area (Å²) in [4.78, 5) is 19.8. The molecule has 0 unspecified atom stereocenters. The van der Waals surface area contributed by atoms with Crippen LogP contribution in [0.25, 0.3) is 10.2 Å².